The zero-order chi connectivity index (χ0) is 24.2. The first-order valence-corrected chi connectivity index (χ1v) is 13.8. The van der Waals surface area contributed by atoms with Gasteiger partial charge in [0.05, 0.1) is 11.0 Å². The lowest BCUT2D eigenvalue weighted by Crippen LogP contribution is -2.46. The summed E-state index contributed by atoms with van der Waals surface area (Å²) in [7, 11) is 1.69. The summed E-state index contributed by atoms with van der Waals surface area (Å²) in [4.78, 5) is 32.6. The molecule has 2 aliphatic heterocycles. The number of piperidine rings is 2. The van der Waals surface area contributed by atoms with Crippen molar-refractivity contribution >= 4 is 28.3 Å². The Kier molecular flexibility index (Phi) is 7.70. The average Bonchev–Trinajstić information content (AvgIpc) is 3.50. The van der Waals surface area contributed by atoms with Crippen LogP contribution >= 0.6 is 11.3 Å². The fraction of sp³-hybridized carbons (Fsp3) is 0.556. The molecule has 0 radical (unpaired) electrons. The Morgan fingerprint density at radius 2 is 1.74 bits per heavy atom. The molecule has 2 aliphatic rings. The Balaban J connectivity index is 1.20. The van der Waals surface area contributed by atoms with Crippen LogP contribution in [0.4, 0.5) is 0 Å². The summed E-state index contributed by atoms with van der Waals surface area (Å²) in [6.07, 6.45) is 4.35. The summed E-state index contributed by atoms with van der Waals surface area (Å²) < 4.78 is 9.05. The summed E-state index contributed by atoms with van der Waals surface area (Å²) in [5, 5.41) is 2.13. The van der Waals surface area contributed by atoms with Gasteiger partial charge in [0.1, 0.15) is 0 Å². The molecule has 1 aromatic carbocycles. The zero-order valence-corrected chi connectivity index (χ0v) is 21.4. The van der Waals surface area contributed by atoms with Gasteiger partial charge >= 0.3 is 5.69 Å². The number of thiophene rings is 1. The number of carbonyl (C=O) groups is 1. The van der Waals surface area contributed by atoms with Crippen LogP contribution in [0, 0.1) is 5.92 Å². The van der Waals surface area contributed by atoms with Crippen molar-refractivity contribution in [1.82, 2.24) is 18.9 Å². The molecule has 0 bridgehead atoms. The molecule has 0 spiro atoms. The maximum Gasteiger partial charge on any atom is 0.329 e. The molecule has 35 heavy (non-hydrogen) atoms. The third kappa shape index (κ3) is 5.25. The molecule has 8 heteroatoms. The van der Waals surface area contributed by atoms with E-state index in [0.29, 0.717) is 19.1 Å². The van der Waals surface area contributed by atoms with E-state index in [1.165, 1.54) is 4.88 Å². The van der Waals surface area contributed by atoms with Crippen LogP contribution in [0.3, 0.4) is 0 Å². The maximum atomic E-state index is 13.4. The lowest BCUT2D eigenvalue weighted by Gasteiger charge is -2.37. The molecule has 1 amide bonds. The van der Waals surface area contributed by atoms with Crippen molar-refractivity contribution in [1.29, 1.82) is 0 Å². The number of rotatable bonds is 8. The van der Waals surface area contributed by atoms with Crippen LogP contribution in [0.15, 0.2) is 46.6 Å². The SMILES string of the molecule is COCCCn1c(=O)n(C2CCN(C(=O)C3CCN(Cc4cccs4)CC3)CC2)c2ccccc21. The standard InChI is InChI=1S/C27H36N4O3S/c1-34-18-5-13-30-24-7-2-3-8-25(24)31(27(30)33)22-11-16-29(17-12-22)26(32)21-9-14-28(15-10-21)20-23-6-4-19-35-23/h2-4,6-8,19,21-22H,5,9-18,20H2,1H3. The quantitative estimate of drug-likeness (QED) is 0.443. The van der Waals surface area contributed by atoms with Gasteiger partial charge in [-0.3, -0.25) is 18.8 Å². The van der Waals surface area contributed by atoms with E-state index in [-0.39, 0.29) is 17.6 Å². The van der Waals surface area contributed by atoms with E-state index in [0.717, 1.165) is 75.9 Å². The normalized spacial score (nSPS) is 18.5. The minimum Gasteiger partial charge on any atom is -0.385 e. The van der Waals surface area contributed by atoms with Crippen molar-refractivity contribution in [2.45, 2.75) is 51.2 Å². The average molecular weight is 497 g/mol. The fourth-order valence-electron chi connectivity index (χ4n) is 5.73. The van der Waals surface area contributed by atoms with Gasteiger partial charge in [0.2, 0.25) is 5.91 Å². The molecule has 0 N–H and O–H groups in total. The highest BCUT2D eigenvalue weighted by molar-refractivity contribution is 7.09. The van der Waals surface area contributed by atoms with Crippen molar-refractivity contribution in [3.63, 3.8) is 0 Å². The Morgan fingerprint density at radius 1 is 1.00 bits per heavy atom. The summed E-state index contributed by atoms with van der Waals surface area (Å²) in [6.45, 7) is 5.73. The van der Waals surface area contributed by atoms with E-state index in [2.05, 4.69) is 27.3 Å². The molecule has 3 aromatic rings. The van der Waals surface area contributed by atoms with Crippen LogP contribution in [0.1, 0.15) is 43.0 Å². The smallest absolute Gasteiger partial charge is 0.329 e. The van der Waals surface area contributed by atoms with Crippen molar-refractivity contribution in [2.24, 2.45) is 5.92 Å². The second kappa shape index (κ2) is 11.1. The molecule has 0 atom stereocenters. The molecule has 2 aromatic heterocycles. The topological polar surface area (TPSA) is 59.7 Å². The largest absolute Gasteiger partial charge is 0.385 e. The molecule has 0 aliphatic carbocycles. The van der Waals surface area contributed by atoms with Crippen molar-refractivity contribution in [3.8, 4) is 0 Å². The summed E-state index contributed by atoms with van der Waals surface area (Å²) in [5.41, 5.74) is 2.05. The van der Waals surface area contributed by atoms with E-state index in [4.69, 9.17) is 4.74 Å². The minimum atomic E-state index is 0.0604. The lowest BCUT2D eigenvalue weighted by atomic mass is 9.93. The van der Waals surface area contributed by atoms with E-state index in [1.807, 2.05) is 33.4 Å². The first-order valence-electron chi connectivity index (χ1n) is 12.9. The number of imidazole rings is 1. The van der Waals surface area contributed by atoms with Crippen molar-refractivity contribution in [3.05, 3.63) is 57.1 Å². The molecule has 4 heterocycles. The highest BCUT2D eigenvalue weighted by Crippen LogP contribution is 2.29. The Morgan fingerprint density at radius 3 is 2.43 bits per heavy atom. The van der Waals surface area contributed by atoms with Gasteiger partial charge in [0.15, 0.2) is 0 Å². The van der Waals surface area contributed by atoms with Gasteiger partial charge in [0, 0.05) is 56.7 Å². The number of likely N-dealkylation sites (tertiary alicyclic amines) is 2. The number of aryl methyl sites for hydroxylation is 1. The van der Waals surface area contributed by atoms with Crippen LogP contribution in [-0.2, 0) is 22.6 Å². The Bertz CT molecular complexity index is 1170. The number of para-hydroxylation sites is 2. The molecule has 2 fully saturated rings. The summed E-state index contributed by atoms with van der Waals surface area (Å²) in [6, 6.07) is 12.5. The number of amides is 1. The zero-order valence-electron chi connectivity index (χ0n) is 20.6. The molecule has 0 saturated carbocycles. The van der Waals surface area contributed by atoms with Crippen molar-refractivity contribution < 1.29 is 9.53 Å². The van der Waals surface area contributed by atoms with Crippen molar-refractivity contribution in [2.75, 3.05) is 39.9 Å². The molecule has 188 valence electrons. The Labute approximate surface area is 210 Å². The van der Waals surface area contributed by atoms with Gasteiger partial charge < -0.3 is 9.64 Å². The lowest BCUT2D eigenvalue weighted by molar-refractivity contribution is -0.138. The third-order valence-corrected chi connectivity index (χ3v) is 8.50. The molecule has 2 saturated heterocycles. The molecule has 7 nitrogen and oxygen atoms in total. The number of nitrogens with zero attached hydrogens (tertiary/aromatic N) is 4. The second-order valence-corrected chi connectivity index (χ2v) is 10.9. The van der Waals surface area contributed by atoms with Crippen LogP contribution in [0.2, 0.25) is 0 Å². The highest BCUT2D eigenvalue weighted by atomic mass is 32.1. The maximum absolute atomic E-state index is 13.4. The molecule has 0 unspecified atom stereocenters. The number of ether oxygens (including phenoxy) is 1. The van der Waals surface area contributed by atoms with Gasteiger partial charge in [-0.1, -0.05) is 18.2 Å². The van der Waals surface area contributed by atoms with Gasteiger partial charge in [-0.25, -0.2) is 4.79 Å². The number of aromatic nitrogens is 2. The van der Waals surface area contributed by atoms with E-state index in [1.54, 1.807) is 18.4 Å². The number of carbonyl (C=O) groups excluding carboxylic acids is 1. The highest BCUT2D eigenvalue weighted by Gasteiger charge is 2.32. The summed E-state index contributed by atoms with van der Waals surface area (Å²) >= 11 is 1.80. The predicted octanol–water partition coefficient (Wildman–Crippen LogP) is 3.98. The van der Waals surface area contributed by atoms with Gasteiger partial charge in [-0.15, -0.1) is 11.3 Å². The Hall–Kier alpha value is -2.42. The first kappa shape index (κ1) is 24.3. The first-order chi connectivity index (χ1) is 17.2. The number of fused-ring (bicyclic) bond motifs is 1. The number of benzene rings is 1. The fourth-order valence-corrected chi connectivity index (χ4v) is 6.48. The number of hydrogen-bond acceptors (Lipinski definition) is 5. The van der Waals surface area contributed by atoms with Crippen LogP contribution < -0.4 is 5.69 Å². The third-order valence-electron chi connectivity index (χ3n) is 7.64. The minimum absolute atomic E-state index is 0.0604. The van der Waals surface area contributed by atoms with E-state index < -0.39 is 0 Å². The predicted molar refractivity (Wildman–Crippen MR) is 140 cm³/mol. The second-order valence-electron chi connectivity index (χ2n) is 9.83. The van der Waals surface area contributed by atoms with Crippen LogP contribution in [-0.4, -0.2) is 64.7 Å². The van der Waals surface area contributed by atoms with E-state index >= 15 is 0 Å². The van der Waals surface area contributed by atoms with Gasteiger partial charge in [-0.2, -0.15) is 0 Å². The molecular formula is C27H36N4O3S. The number of methoxy groups -OCH3 is 1. The monoisotopic (exact) mass is 496 g/mol. The summed E-state index contributed by atoms with van der Waals surface area (Å²) in [5.74, 6) is 0.449. The van der Waals surface area contributed by atoms with Gasteiger partial charge in [-0.05, 0) is 68.8 Å². The van der Waals surface area contributed by atoms with Crippen LogP contribution in [0.5, 0.6) is 0 Å². The number of hydrogen-bond donors (Lipinski definition) is 0. The van der Waals surface area contributed by atoms with E-state index in [9.17, 15) is 9.59 Å². The molecule has 5 rings (SSSR count). The van der Waals surface area contributed by atoms with Crippen LogP contribution in [0.25, 0.3) is 11.0 Å². The van der Waals surface area contributed by atoms with Gasteiger partial charge in [0.25, 0.3) is 0 Å². The molecular weight excluding hydrogens is 460 g/mol.